The van der Waals surface area contributed by atoms with Gasteiger partial charge < -0.3 is 15.2 Å². The van der Waals surface area contributed by atoms with Gasteiger partial charge in [-0.05, 0) is 37.6 Å². The number of halogens is 1. The normalized spacial score (nSPS) is 14.9. The van der Waals surface area contributed by atoms with Gasteiger partial charge in [-0.1, -0.05) is 6.07 Å². The highest BCUT2D eigenvalue weighted by atomic mass is 19.1. The van der Waals surface area contributed by atoms with E-state index in [0.29, 0.717) is 17.9 Å². The van der Waals surface area contributed by atoms with Crippen LogP contribution in [0.15, 0.2) is 41.5 Å². The Labute approximate surface area is 170 Å². The van der Waals surface area contributed by atoms with E-state index >= 15 is 0 Å². The lowest BCUT2D eigenvalue weighted by Gasteiger charge is -2.32. The third-order valence-corrected chi connectivity index (χ3v) is 4.91. The molecule has 10 heteroatoms. The van der Waals surface area contributed by atoms with Gasteiger partial charge in [0.15, 0.2) is 5.69 Å². The van der Waals surface area contributed by atoms with Gasteiger partial charge in [-0.3, -0.25) is 14.2 Å². The number of carbonyl (C=O) groups is 1. The second kappa shape index (κ2) is 7.38. The largest absolute Gasteiger partial charge is 0.501 e. The standard InChI is InChI=1S/C20H20FN5O4/c1-20(2)19-24-15(16(27)18(29)25(19)8-9-30-20)17(28)22-11-12-4-5-13(21)10-14(12)26-7-3-6-23-26/h3-7,10,27H,8-9,11H2,1-2H3,(H,22,28). The van der Waals surface area contributed by atoms with E-state index in [9.17, 15) is 19.1 Å². The number of carbonyl (C=O) groups excluding carboxylic acids is 1. The molecule has 0 aliphatic carbocycles. The number of aromatic nitrogens is 4. The number of fused-ring (bicyclic) bond motifs is 1. The molecule has 1 aliphatic rings. The fourth-order valence-electron chi connectivity index (χ4n) is 3.40. The number of hydrogen-bond donors (Lipinski definition) is 2. The highest BCUT2D eigenvalue weighted by Crippen LogP contribution is 2.27. The Hall–Kier alpha value is -3.53. The summed E-state index contributed by atoms with van der Waals surface area (Å²) in [6, 6.07) is 5.79. The van der Waals surface area contributed by atoms with E-state index in [0.717, 1.165) is 0 Å². The number of rotatable bonds is 4. The zero-order valence-corrected chi connectivity index (χ0v) is 16.4. The molecule has 0 saturated heterocycles. The fraction of sp³-hybridized carbons (Fsp3) is 0.300. The lowest BCUT2D eigenvalue weighted by molar-refractivity contribution is -0.0566. The predicted molar refractivity (Wildman–Crippen MR) is 104 cm³/mol. The maximum Gasteiger partial charge on any atom is 0.296 e. The topological polar surface area (TPSA) is 111 Å². The Morgan fingerprint density at radius 3 is 2.93 bits per heavy atom. The average Bonchev–Trinajstić information content (AvgIpc) is 3.24. The van der Waals surface area contributed by atoms with Crippen molar-refractivity contribution in [2.45, 2.75) is 32.5 Å². The molecule has 0 bridgehead atoms. The quantitative estimate of drug-likeness (QED) is 0.670. The van der Waals surface area contributed by atoms with Crippen molar-refractivity contribution >= 4 is 5.91 Å². The van der Waals surface area contributed by atoms with Gasteiger partial charge in [0.2, 0.25) is 5.75 Å². The number of aromatic hydroxyl groups is 1. The second-order valence-corrected chi connectivity index (χ2v) is 7.35. The third kappa shape index (κ3) is 3.45. The first kappa shape index (κ1) is 19.8. The number of benzene rings is 1. The molecule has 1 amide bonds. The summed E-state index contributed by atoms with van der Waals surface area (Å²) < 4.78 is 22.1. The minimum Gasteiger partial charge on any atom is -0.501 e. The van der Waals surface area contributed by atoms with Crippen LogP contribution in [-0.4, -0.2) is 37.0 Å². The van der Waals surface area contributed by atoms with Crippen molar-refractivity contribution in [2.24, 2.45) is 0 Å². The number of hydrogen-bond acceptors (Lipinski definition) is 6. The zero-order chi connectivity index (χ0) is 21.5. The minimum absolute atomic E-state index is 0.00768. The Bertz CT molecular complexity index is 1170. The number of ether oxygens (including phenoxy) is 1. The molecule has 1 aliphatic heterocycles. The molecular formula is C20H20FN5O4. The summed E-state index contributed by atoms with van der Waals surface area (Å²) in [6.45, 7) is 4.01. The lowest BCUT2D eigenvalue weighted by atomic mass is 10.1. The Morgan fingerprint density at radius 2 is 2.20 bits per heavy atom. The Morgan fingerprint density at radius 1 is 1.40 bits per heavy atom. The van der Waals surface area contributed by atoms with E-state index in [1.165, 1.54) is 27.4 Å². The van der Waals surface area contributed by atoms with Crippen molar-refractivity contribution < 1.29 is 19.0 Å². The van der Waals surface area contributed by atoms with Crippen molar-refractivity contribution in [2.75, 3.05) is 6.61 Å². The van der Waals surface area contributed by atoms with Crippen LogP contribution in [0.2, 0.25) is 0 Å². The summed E-state index contributed by atoms with van der Waals surface area (Å²) in [5, 5.41) is 17.0. The van der Waals surface area contributed by atoms with Gasteiger partial charge in [0, 0.05) is 18.9 Å². The highest BCUT2D eigenvalue weighted by molar-refractivity contribution is 5.94. The number of nitrogens with zero attached hydrogens (tertiary/aromatic N) is 4. The molecule has 156 valence electrons. The van der Waals surface area contributed by atoms with Gasteiger partial charge in [-0.25, -0.2) is 14.1 Å². The Balaban J connectivity index is 1.64. The van der Waals surface area contributed by atoms with Crippen LogP contribution in [0, 0.1) is 5.82 Å². The van der Waals surface area contributed by atoms with Crippen molar-refractivity contribution in [1.82, 2.24) is 24.6 Å². The molecule has 3 aromatic rings. The maximum absolute atomic E-state index is 13.7. The van der Waals surface area contributed by atoms with Gasteiger partial charge >= 0.3 is 0 Å². The first-order chi connectivity index (χ1) is 14.3. The van der Waals surface area contributed by atoms with Gasteiger partial charge in [-0.15, -0.1) is 0 Å². The first-order valence-corrected chi connectivity index (χ1v) is 9.33. The van der Waals surface area contributed by atoms with Crippen LogP contribution >= 0.6 is 0 Å². The van der Waals surface area contributed by atoms with E-state index in [2.05, 4.69) is 15.4 Å². The van der Waals surface area contributed by atoms with Gasteiger partial charge in [-0.2, -0.15) is 5.10 Å². The summed E-state index contributed by atoms with van der Waals surface area (Å²) in [5.41, 5.74) is -0.915. The van der Waals surface area contributed by atoms with E-state index in [1.807, 2.05) is 0 Å². The SMILES string of the molecule is CC1(C)OCCn2c1nc(C(=O)NCc1ccc(F)cc1-n1cccn1)c(O)c2=O. The number of nitrogens with one attached hydrogen (secondary N) is 1. The zero-order valence-electron chi connectivity index (χ0n) is 16.4. The molecule has 2 N–H and O–H groups in total. The van der Waals surface area contributed by atoms with Crippen LogP contribution in [0.5, 0.6) is 5.75 Å². The van der Waals surface area contributed by atoms with Crippen LogP contribution in [0.3, 0.4) is 0 Å². The molecule has 0 fully saturated rings. The van der Waals surface area contributed by atoms with Crippen LogP contribution in [0.25, 0.3) is 5.69 Å². The van der Waals surface area contributed by atoms with E-state index in [-0.39, 0.29) is 24.6 Å². The molecule has 0 atom stereocenters. The van der Waals surface area contributed by atoms with Crippen molar-refractivity contribution in [3.05, 3.63) is 69.9 Å². The lowest BCUT2D eigenvalue weighted by Crippen LogP contribution is -2.42. The average molecular weight is 413 g/mol. The Kier molecular flexibility index (Phi) is 4.86. The highest BCUT2D eigenvalue weighted by Gasteiger charge is 2.34. The monoisotopic (exact) mass is 413 g/mol. The molecule has 1 aromatic carbocycles. The molecule has 2 aromatic heterocycles. The molecule has 0 unspecified atom stereocenters. The van der Waals surface area contributed by atoms with Gasteiger partial charge in [0.1, 0.15) is 17.2 Å². The molecule has 3 heterocycles. The van der Waals surface area contributed by atoms with Gasteiger partial charge in [0.05, 0.1) is 18.8 Å². The predicted octanol–water partition coefficient (Wildman–Crippen LogP) is 1.47. The van der Waals surface area contributed by atoms with Gasteiger partial charge in [0.25, 0.3) is 11.5 Å². The van der Waals surface area contributed by atoms with Crippen LogP contribution in [0.1, 0.15) is 35.7 Å². The molecule has 0 spiro atoms. The third-order valence-electron chi connectivity index (χ3n) is 4.91. The summed E-state index contributed by atoms with van der Waals surface area (Å²) in [5.74, 6) is -1.63. The van der Waals surface area contributed by atoms with E-state index in [4.69, 9.17) is 4.74 Å². The van der Waals surface area contributed by atoms with Crippen molar-refractivity contribution in [1.29, 1.82) is 0 Å². The van der Waals surface area contributed by atoms with E-state index in [1.54, 1.807) is 32.3 Å². The smallest absolute Gasteiger partial charge is 0.296 e. The number of amides is 1. The van der Waals surface area contributed by atoms with Crippen LogP contribution < -0.4 is 10.9 Å². The van der Waals surface area contributed by atoms with E-state index < -0.39 is 28.6 Å². The van der Waals surface area contributed by atoms with Crippen LogP contribution in [0.4, 0.5) is 4.39 Å². The van der Waals surface area contributed by atoms with Crippen molar-refractivity contribution in [3.8, 4) is 11.4 Å². The van der Waals surface area contributed by atoms with Crippen LogP contribution in [-0.2, 0) is 23.4 Å². The molecule has 0 saturated carbocycles. The van der Waals surface area contributed by atoms with Crippen molar-refractivity contribution in [3.63, 3.8) is 0 Å². The maximum atomic E-state index is 13.7. The second-order valence-electron chi connectivity index (χ2n) is 7.35. The summed E-state index contributed by atoms with van der Waals surface area (Å²) in [6.07, 6.45) is 3.21. The summed E-state index contributed by atoms with van der Waals surface area (Å²) in [7, 11) is 0. The molecular weight excluding hydrogens is 393 g/mol. The molecule has 0 radical (unpaired) electrons. The molecule has 30 heavy (non-hydrogen) atoms. The first-order valence-electron chi connectivity index (χ1n) is 9.33. The summed E-state index contributed by atoms with van der Waals surface area (Å²) >= 11 is 0. The summed E-state index contributed by atoms with van der Waals surface area (Å²) in [4.78, 5) is 29.5. The fourth-order valence-corrected chi connectivity index (χ4v) is 3.40. The molecule has 9 nitrogen and oxygen atoms in total. The minimum atomic E-state index is -0.885. The molecule has 4 rings (SSSR count).